The third-order valence-electron chi connectivity index (χ3n) is 2.76. The van der Waals surface area contributed by atoms with Gasteiger partial charge >= 0.3 is 0 Å². The normalized spacial score (nSPS) is 14.6. The fourth-order valence-electron chi connectivity index (χ4n) is 1.26. The average Bonchev–Trinajstić information content (AvgIpc) is 2.33. The van der Waals surface area contributed by atoms with Crippen molar-refractivity contribution in [3.05, 3.63) is 29.8 Å². The molecule has 0 aliphatic rings. The second kappa shape index (κ2) is 6.33. The van der Waals surface area contributed by atoms with Crippen LogP contribution >= 0.6 is 11.8 Å². The summed E-state index contributed by atoms with van der Waals surface area (Å²) >= 11 is 1.25. The van der Waals surface area contributed by atoms with Crippen LogP contribution in [0.2, 0.25) is 0 Å². The van der Waals surface area contributed by atoms with Gasteiger partial charge in [-0.05, 0) is 44.3 Å². The van der Waals surface area contributed by atoms with Gasteiger partial charge in [0.2, 0.25) is 0 Å². The van der Waals surface area contributed by atoms with E-state index in [0.29, 0.717) is 17.1 Å². The molecule has 2 N–H and O–H groups in total. The Kier molecular flexibility index (Phi) is 5.36. The number of benzene rings is 1. The molecule has 96 valence electrons. The molecule has 1 atom stereocenters. The van der Waals surface area contributed by atoms with E-state index in [1.165, 1.54) is 17.8 Å². The van der Waals surface area contributed by atoms with Crippen LogP contribution in [0, 0.1) is 11.6 Å². The Balaban J connectivity index is 2.53. The predicted molar refractivity (Wildman–Crippen MR) is 66.2 cm³/mol. The summed E-state index contributed by atoms with van der Waals surface area (Å²) < 4.78 is 26.2. The average molecular weight is 261 g/mol. The first kappa shape index (κ1) is 14.4. The largest absolute Gasteiger partial charge is 0.394 e. The third kappa shape index (κ3) is 4.26. The summed E-state index contributed by atoms with van der Waals surface area (Å²) in [5.41, 5.74) is -0.378. The van der Waals surface area contributed by atoms with Gasteiger partial charge in [0.15, 0.2) is 0 Å². The second-order valence-electron chi connectivity index (χ2n) is 4.14. The quantitative estimate of drug-likeness (QED) is 0.771. The van der Waals surface area contributed by atoms with Crippen LogP contribution in [0.1, 0.15) is 13.3 Å². The minimum absolute atomic E-state index is 0.00962. The first-order valence-corrected chi connectivity index (χ1v) is 6.37. The van der Waals surface area contributed by atoms with Crippen molar-refractivity contribution in [2.24, 2.45) is 0 Å². The lowest BCUT2D eigenvalue weighted by Gasteiger charge is -2.26. The van der Waals surface area contributed by atoms with Gasteiger partial charge in [-0.1, -0.05) is 0 Å². The summed E-state index contributed by atoms with van der Waals surface area (Å²) in [6.45, 7) is 1.89. The summed E-state index contributed by atoms with van der Waals surface area (Å²) in [5.74, 6) is -0.239. The van der Waals surface area contributed by atoms with Crippen molar-refractivity contribution in [2.45, 2.75) is 23.8 Å². The molecule has 2 nitrogen and oxygen atoms in total. The van der Waals surface area contributed by atoms with Gasteiger partial charge in [-0.25, -0.2) is 8.78 Å². The number of likely N-dealkylation sites (N-methyl/N-ethyl adjacent to an activating group) is 1. The van der Waals surface area contributed by atoms with Crippen molar-refractivity contribution in [2.75, 3.05) is 19.4 Å². The molecule has 0 fully saturated rings. The maximum absolute atomic E-state index is 13.3. The Labute approximate surface area is 104 Å². The van der Waals surface area contributed by atoms with Crippen molar-refractivity contribution in [3.63, 3.8) is 0 Å². The topological polar surface area (TPSA) is 32.3 Å². The molecule has 1 aromatic rings. The molecule has 1 aromatic carbocycles. The second-order valence-corrected chi connectivity index (χ2v) is 5.28. The van der Waals surface area contributed by atoms with Crippen LogP contribution in [0.15, 0.2) is 23.1 Å². The molecule has 1 rings (SSSR count). The summed E-state index contributed by atoms with van der Waals surface area (Å²) in [4.78, 5) is 0.307. The van der Waals surface area contributed by atoms with E-state index in [1.54, 1.807) is 7.05 Å². The molecule has 5 heteroatoms. The zero-order chi connectivity index (χ0) is 12.9. The third-order valence-corrected chi connectivity index (χ3v) is 3.79. The number of rotatable bonds is 6. The van der Waals surface area contributed by atoms with E-state index in [-0.39, 0.29) is 12.1 Å². The molecule has 17 heavy (non-hydrogen) atoms. The highest BCUT2D eigenvalue weighted by atomic mass is 32.2. The van der Waals surface area contributed by atoms with Crippen LogP contribution in [0.3, 0.4) is 0 Å². The zero-order valence-corrected chi connectivity index (χ0v) is 10.8. The number of aliphatic hydroxyl groups excluding tert-OH is 1. The maximum atomic E-state index is 13.3. The molecule has 0 aromatic heterocycles. The minimum Gasteiger partial charge on any atom is -0.394 e. The van der Waals surface area contributed by atoms with E-state index in [1.807, 2.05) is 6.92 Å². The summed E-state index contributed by atoms with van der Waals surface area (Å²) in [7, 11) is 1.77. The number of hydrogen-bond acceptors (Lipinski definition) is 3. The van der Waals surface area contributed by atoms with E-state index in [4.69, 9.17) is 0 Å². The summed E-state index contributed by atoms with van der Waals surface area (Å²) in [6.07, 6.45) is 0.667. The Bertz CT molecular complexity index is 370. The number of halogens is 2. The van der Waals surface area contributed by atoms with E-state index >= 15 is 0 Å². The van der Waals surface area contributed by atoms with Gasteiger partial charge in [-0.3, -0.25) is 0 Å². The molecule has 0 radical (unpaired) electrons. The van der Waals surface area contributed by atoms with Gasteiger partial charge in [-0.2, -0.15) is 0 Å². The van der Waals surface area contributed by atoms with E-state index in [2.05, 4.69) is 5.32 Å². The SMILES string of the molecule is CNC(C)(CO)CCSc1cc(F)ccc1F. The van der Waals surface area contributed by atoms with Crippen molar-refractivity contribution in [1.82, 2.24) is 5.32 Å². The zero-order valence-electron chi connectivity index (χ0n) is 9.96. The van der Waals surface area contributed by atoms with Gasteiger partial charge in [-0.15, -0.1) is 11.8 Å². The molecule has 1 unspecified atom stereocenters. The van der Waals surface area contributed by atoms with Gasteiger partial charge in [0.05, 0.1) is 6.61 Å². The first-order chi connectivity index (χ1) is 8.00. The van der Waals surface area contributed by atoms with Crippen molar-refractivity contribution in [1.29, 1.82) is 0 Å². The molecule has 0 aliphatic carbocycles. The minimum atomic E-state index is -0.438. The highest BCUT2D eigenvalue weighted by Crippen LogP contribution is 2.25. The van der Waals surface area contributed by atoms with Crippen LogP contribution in [0.4, 0.5) is 8.78 Å². The lowest BCUT2D eigenvalue weighted by molar-refractivity contribution is 0.179. The van der Waals surface area contributed by atoms with Crippen LogP contribution in [0.5, 0.6) is 0 Å². The Morgan fingerprint density at radius 2 is 2.12 bits per heavy atom. The van der Waals surface area contributed by atoms with E-state index < -0.39 is 11.6 Å². The Morgan fingerprint density at radius 3 is 2.71 bits per heavy atom. The predicted octanol–water partition coefficient (Wildman–Crippen LogP) is 2.42. The maximum Gasteiger partial charge on any atom is 0.136 e. The van der Waals surface area contributed by atoms with Crippen molar-refractivity contribution < 1.29 is 13.9 Å². The van der Waals surface area contributed by atoms with Crippen molar-refractivity contribution >= 4 is 11.8 Å². The van der Waals surface area contributed by atoms with Crippen molar-refractivity contribution in [3.8, 4) is 0 Å². The van der Waals surface area contributed by atoms with Gasteiger partial charge in [0, 0.05) is 10.4 Å². The van der Waals surface area contributed by atoms with Crippen LogP contribution in [-0.2, 0) is 0 Å². The number of aliphatic hydroxyl groups is 1. The Hall–Kier alpha value is -0.650. The monoisotopic (exact) mass is 261 g/mol. The van der Waals surface area contributed by atoms with Crippen LogP contribution < -0.4 is 5.32 Å². The molecule has 0 amide bonds. The molecule has 0 bridgehead atoms. The number of thioether (sulfide) groups is 1. The summed E-state index contributed by atoms with van der Waals surface area (Å²) in [5, 5.41) is 12.2. The molecular formula is C12H17F2NOS. The lowest BCUT2D eigenvalue weighted by atomic mass is 10.0. The Morgan fingerprint density at radius 1 is 1.41 bits per heavy atom. The van der Waals surface area contributed by atoms with Crippen LogP contribution in [-0.4, -0.2) is 30.1 Å². The highest BCUT2D eigenvalue weighted by molar-refractivity contribution is 7.99. The highest BCUT2D eigenvalue weighted by Gasteiger charge is 2.20. The number of nitrogens with one attached hydrogen (secondary N) is 1. The molecule has 0 spiro atoms. The molecule has 0 saturated carbocycles. The van der Waals surface area contributed by atoms with E-state index in [0.717, 1.165) is 12.1 Å². The lowest BCUT2D eigenvalue weighted by Crippen LogP contribution is -2.43. The first-order valence-electron chi connectivity index (χ1n) is 5.38. The fourth-order valence-corrected chi connectivity index (χ4v) is 2.43. The number of hydrogen-bond donors (Lipinski definition) is 2. The van der Waals surface area contributed by atoms with E-state index in [9.17, 15) is 13.9 Å². The molecular weight excluding hydrogens is 244 g/mol. The summed E-state index contributed by atoms with van der Waals surface area (Å²) in [6, 6.07) is 3.42. The standard InChI is InChI=1S/C12H17F2NOS/c1-12(8-16,15-2)5-6-17-11-7-9(13)3-4-10(11)14/h3-4,7,15-16H,5-6,8H2,1-2H3. The van der Waals surface area contributed by atoms with Gasteiger partial charge in [0.1, 0.15) is 11.6 Å². The van der Waals surface area contributed by atoms with Crippen LogP contribution in [0.25, 0.3) is 0 Å². The van der Waals surface area contributed by atoms with Gasteiger partial charge < -0.3 is 10.4 Å². The molecule has 0 aliphatic heterocycles. The smallest absolute Gasteiger partial charge is 0.136 e. The molecule has 0 saturated heterocycles. The fraction of sp³-hybridized carbons (Fsp3) is 0.500. The van der Waals surface area contributed by atoms with Gasteiger partial charge in [0.25, 0.3) is 0 Å². The molecule has 0 heterocycles.